The Labute approximate surface area is 78.2 Å². The molecule has 0 saturated carbocycles. The number of hydrogen-bond acceptors (Lipinski definition) is 1. The first-order chi connectivity index (χ1) is 5.21. The second-order valence-electron chi connectivity index (χ2n) is 5.58. The summed E-state index contributed by atoms with van der Waals surface area (Å²) in [5.74, 6) is 0. The van der Waals surface area contributed by atoms with Crippen LogP contribution in [0, 0.1) is 0 Å². The summed E-state index contributed by atoms with van der Waals surface area (Å²) >= 11 is 0. The van der Waals surface area contributed by atoms with Gasteiger partial charge >= 0.3 is 0 Å². The van der Waals surface area contributed by atoms with Crippen molar-refractivity contribution in [2.24, 2.45) is 0 Å². The maximum absolute atomic E-state index is 9.46. The van der Waals surface area contributed by atoms with Gasteiger partial charge in [0, 0.05) is 8.07 Å². The normalized spacial score (nSPS) is 13.5. The highest BCUT2D eigenvalue weighted by Crippen LogP contribution is 2.17. The molecule has 0 spiro atoms. The lowest BCUT2D eigenvalue weighted by Gasteiger charge is -2.19. The van der Waals surface area contributed by atoms with Gasteiger partial charge in [0.2, 0.25) is 0 Å². The Morgan fingerprint density at radius 3 is 1.92 bits per heavy atom. The second kappa shape index (κ2) is 4.42. The molecule has 0 unspecified atom stereocenters. The van der Waals surface area contributed by atoms with E-state index in [-0.39, 0.29) is 0 Å². The maximum Gasteiger partial charge on any atom is 0.0591 e. The smallest absolute Gasteiger partial charge is 0.0591 e. The molecule has 0 amide bonds. The zero-order valence-electron chi connectivity index (χ0n) is 9.28. The molecule has 0 rings (SSSR count). The minimum Gasteiger partial charge on any atom is -0.390 e. The molecule has 0 aliphatic carbocycles. The zero-order chi connectivity index (χ0) is 9.83. The molecule has 0 fully saturated rings. The van der Waals surface area contributed by atoms with Crippen LogP contribution in [0.15, 0.2) is 0 Å². The molecule has 1 nitrogen and oxygen atoms in total. The summed E-state index contributed by atoms with van der Waals surface area (Å²) in [5, 5.41) is 9.46. The first kappa shape index (κ1) is 12.2. The molecular weight excluding hydrogens is 164 g/mol. The summed E-state index contributed by atoms with van der Waals surface area (Å²) in [6.45, 7) is 11.0. The Hall–Kier alpha value is 0.177. The van der Waals surface area contributed by atoms with Gasteiger partial charge in [-0.3, -0.25) is 0 Å². The standard InChI is InChI=1S/C10H24OSi/c1-10(2,11)8-6-7-9-12(3,4)5/h11H,6-9H2,1-5H3. The number of unbranched alkanes of at least 4 members (excludes halogenated alkanes) is 1. The summed E-state index contributed by atoms with van der Waals surface area (Å²) in [6.07, 6.45) is 3.41. The fraction of sp³-hybridized carbons (Fsp3) is 1.00. The van der Waals surface area contributed by atoms with Crippen LogP contribution in [0.4, 0.5) is 0 Å². The molecule has 0 bridgehead atoms. The fourth-order valence-electron chi connectivity index (χ4n) is 1.21. The first-order valence-corrected chi connectivity index (χ1v) is 8.64. The van der Waals surface area contributed by atoms with E-state index in [4.69, 9.17) is 0 Å². The third kappa shape index (κ3) is 10.2. The largest absolute Gasteiger partial charge is 0.390 e. The highest BCUT2D eigenvalue weighted by Gasteiger charge is 2.14. The summed E-state index contributed by atoms with van der Waals surface area (Å²) in [4.78, 5) is 0. The predicted octanol–water partition coefficient (Wildman–Crippen LogP) is 3.27. The van der Waals surface area contributed by atoms with E-state index in [1.807, 2.05) is 13.8 Å². The molecule has 0 aromatic rings. The molecule has 0 heterocycles. The van der Waals surface area contributed by atoms with Crippen molar-refractivity contribution in [1.29, 1.82) is 0 Å². The Bertz CT molecular complexity index is 103. The highest BCUT2D eigenvalue weighted by molar-refractivity contribution is 6.76. The van der Waals surface area contributed by atoms with Crippen molar-refractivity contribution >= 4 is 8.07 Å². The van der Waals surface area contributed by atoms with E-state index >= 15 is 0 Å². The van der Waals surface area contributed by atoms with E-state index in [1.165, 1.54) is 18.9 Å². The fourth-order valence-corrected chi connectivity index (χ4v) is 2.52. The van der Waals surface area contributed by atoms with Crippen molar-refractivity contribution in [2.75, 3.05) is 0 Å². The van der Waals surface area contributed by atoms with Gasteiger partial charge in [-0.1, -0.05) is 38.5 Å². The lowest BCUT2D eigenvalue weighted by atomic mass is 10.0. The van der Waals surface area contributed by atoms with E-state index in [0.717, 1.165) is 6.42 Å². The molecule has 0 radical (unpaired) electrons. The van der Waals surface area contributed by atoms with Gasteiger partial charge in [-0.15, -0.1) is 0 Å². The van der Waals surface area contributed by atoms with E-state index in [1.54, 1.807) is 0 Å². The van der Waals surface area contributed by atoms with Crippen LogP contribution in [-0.4, -0.2) is 18.8 Å². The van der Waals surface area contributed by atoms with Gasteiger partial charge in [0.05, 0.1) is 5.60 Å². The van der Waals surface area contributed by atoms with Gasteiger partial charge in [-0.25, -0.2) is 0 Å². The minimum atomic E-state index is -0.835. The maximum atomic E-state index is 9.46. The van der Waals surface area contributed by atoms with Crippen LogP contribution < -0.4 is 0 Å². The van der Waals surface area contributed by atoms with E-state index in [2.05, 4.69) is 19.6 Å². The van der Waals surface area contributed by atoms with E-state index < -0.39 is 13.7 Å². The summed E-state index contributed by atoms with van der Waals surface area (Å²) in [5.41, 5.74) is -0.459. The lowest BCUT2D eigenvalue weighted by Crippen LogP contribution is -2.21. The minimum absolute atomic E-state index is 0.459. The van der Waals surface area contributed by atoms with Crippen molar-refractivity contribution in [1.82, 2.24) is 0 Å². The molecule has 0 atom stereocenters. The van der Waals surface area contributed by atoms with E-state index in [9.17, 15) is 5.11 Å². The molecule has 0 aliphatic rings. The SMILES string of the molecule is CC(C)(O)CCCC[Si](C)(C)C. The predicted molar refractivity (Wildman–Crippen MR) is 58.3 cm³/mol. The van der Waals surface area contributed by atoms with Gasteiger partial charge in [0.15, 0.2) is 0 Å². The van der Waals surface area contributed by atoms with E-state index in [0.29, 0.717) is 0 Å². The molecule has 12 heavy (non-hydrogen) atoms. The van der Waals surface area contributed by atoms with Gasteiger partial charge in [0.25, 0.3) is 0 Å². The number of aliphatic hydroxyl groups is 1. The average molecular weight is 188 g/mol. The van der Waals surface area contributed by atoms with Crippen LogP contribution in [0.3, 0.4) is 0 Å². The van der Waals surface area contributed by atoms with Crippen LogP contribution in [0.5, 0.6) is 0 Å². The van der Waals surface area contributed by atoms with Crippen LogP contribution in [0.1, 0.15) is 33.1 Å². The molecule has 0 aromatic carbocycles. The van der Waals surface area contributed by atoms with Crippen LogP contribution in [0.2, 0.25) is 25.7 Å². The molecule has 0 aliphatic heterocycles. The Balaban J connectivity index is 3.35. The van der Waals surface area contributed by atoms with Gasteiger partial charge in [-0.2, -0.15) is 0 Å². The number of hydrogen-bond donors (Lipinski definition) is 1. The van der Waals surface area contributed by atoms with Crippen molar-refractivity contribution < 1.29 is 5.11 Å². The molecule has 74 valence electrons. The van der Waals surface area contributed by atoms with Crippen molar-refractivity contribution in [2.45, 2.75) is 64.4 Å². The second-order valence-corrected chi connectivity index (χ2v) is 11.2. The summed E-state index contributed by atoms with van der Waals surface area (Å²) < 4.78 is 0. The number of rotatable bonds is 5. The lowest BCUT2D eigenvalue weighted by molar-refractivity contribution is 0.0686. The summed E-state index contributed by atoms with van der Waals surface area (Å²) in [6, 6.07) is 1.39. The van der Waals surface area contributed by atoms with Crippen molar-refractivity contribution in [3.8, 4) is 0 Å². The van der Waals surface area contributed by atoms with Crippen LogP contribution >= 0.6 is 0 Å². The van der Waals surface area contributed by atoms with Crippen LogP contribution in [-0.2, 0) is 0 Å². The molecule has 1 N–H and O–H groups in total. The third-order valence-electron chi connectivity index (χ3n) is 1.97. The first-order valence-electron chi connectivity index (χ1n) is 4.93. The highest BCUT2D eigenvalue weighted by atomic mass is 28.3. The summed E-state index contributed by atoms with van der Waals surface area (Å²) in [7, 11) is -0.835. The van der Waals surface area contributed by atoms with Gasteiger partial charge in [-0.05, 0) is 20.3 Å². The van der Waals surface area contributed by atoms with Crippen molar-refractivity contribution in [3.05, 3.63) is 0 Å². The molecular formula is C10H24OSi. The Kier molecular flexibility index (Phi) is 4.49. The average Bonchev–Trinajstić information content (AvgIpc) is 1.76. The van der Waals surface area contributed by atoms with Crippen molar-refractivity contribution in [3.63, 3.8) is 0 Å². The molecule has 0 saturated heterocycles. The monoisotopic (exact) mass is 188 g/mol. The topological polar surface area (TPSA) is 20.2 Å². The zero-order valence-corrected chi connectivity index (χ0v) is 10.3. The molecule has 2 heteroatoms. The van der Waals surface area contributed by atoms with Gasteiger partial charge < -0.3 is 5.11 Å². The quantitative estimate of drug-likeness (QED) is 0.518. The Morgan fingerprint density at radius 2 is 1.58 bits per heavy atom. The molecule has 0 aromatic heterocycles. The Morgan fingerprint density at radius 1 is 1.08 bits per heavy atom. The van der Waals surface area contributed by atoms with Crippen LogP contribution in [0.25, 0.3) is 0 Å². The third-order valence-corrected chi connectivity index (χ3v) is 3.82. The van der Waals surface area contributed by atoms with Gasteiger partial charge in [0.1, 0.15) is 0 Å².